The summed E-state index contributed by atoms with van der Waals surface area (Å²) in [6.45, 7) is 3.22. The first-order valence-electron chi connectivity index (χ1n) is 9.42. The molecule has 0 radical (unpaired) electrons. The highest BCUT2D eigenvalue weighted by atomic mass is 32.2. The van der Waals surface area contributed by atoms with Crippen LogP contribution >= 0.6 is 0 Å². The first-order chi connectivity index (χ1) is 16.3. The second kappa shape index (κ2) is 10.3. The maximum atomic E-state index is 13.2. The second-order valence-electron chi connectivity index (χ2n) is 7.06. The summed E-state index contributed by atoms with van der Waals surface area (Å²) in [4.78, 5) is 11.8. The van der Waals surface area contributed by atoms with E-state index in [9.17, 15) is 52.7 Å². The molecule has 2 N–H and O–H groups in total. The molecule has 0 saturated carbocycles. The average molecular weight is 550 g/mol. The van der Waals surface area contributed by atoms with Crippen molar-refractivity contribution in [2.75, 3.05) is 4.72 Å². The number of carbonyl (C=O) groups is 1. The largest absolute Gasteiger partial charge is 0.573 e. The molecule has 0 heterocycles. The average Bonchev–Trinajstić information content (AvgIpc) is 2.70. The quantitative estimate of drug-likeness (QED) is 0.396. The Morgan fingerprint density at radius 1 is 0.917 bits per heavy atom. The summed E-state index contributed by atoms with van der Waals surface area (Å²) in [5.74, 6) is -2.04. The van der Waals surface area contributed by atoms with Crippen LogP contribution in [0.2, 0.25) is 0 Å². The van der Waals surface area contributed by atoms with E-state index in [-0.39, 0.29) is 6.07 Å². The molecular formula is C20H15F9N2O4S. The van der Waals surface area contributed by atoms with Gasteiger partial charge in [-0.3, -0.25) is 9.52 Å². The van der Waals surface area contributed by atoms with Crippen LogP contribution in [0.25, 0.3) is 0 Å². The summed E-state index contributed by atoms with van der Waals surface area (Å²) < 4.78 is 144. The van der Waals surface area contributed by atoms with E-state index in [4.69, 9.17) is 0 Å². The van der Waals surface area contributed by atoms with Crippen molar-refractivity contribution in [1.82, 2.24) is 5.32 Å². The van der Waals surface area contributed by atoms with Crippen molar-refractivity contribution in [3.05, 3.63) is 65.9 Å². The molecule has 2 rings (SSSR count). The van der Waals surface area contributed by atoms with E-state index in [0.29, 0.717) is 36.4 Å². The SMILES string of the molecule is C=C(CCC(F)(F)F)NC(=O)c1ccc(C(F)(F)F)cc1NS(=O)(=O)c1ccc(OC(F)(F)F)cc1. The monoisotopic (exact) mass is 550 g/mol. The van der Waals surface area contributed by atoms with E-state index >= 15 is 0 Å². The minimum absolute atomic E-state index is 0.270. The molecular weight excluding hydrogens is 535 g/mol. The Kier molecular flexibility index (Phi) is 8.23. The van der Waals surface area contributed by atoms with Gasteiger partial charge in [0.1, 0.15) is 5.75 Å². The fourth-order valence-corrected chi connectivity index (χ4v) is 3.68. The minimum atomic E-state index is -5.07. The Hall–Kier alpha value is -3.43. The van der Waals surface area contributed by atoms with Crippen LogP contribution in [0.5, 0.6) is 5.75 Å². The standard InChI is InChI=1S/C20H15F9N2O4S/c1-11(8-9-18(21,22)23)30-17(32)15-7-2-12(19(24,25)26)10-16(15)31-36(33,34)14-5-3-13(4-6-14)35-20(27,28)29/h2-7,10,31H,1,8-9H2,(H,30,32). The van der Waals surface area contributed by atoms with Gasteiger partial charge in [-0.15, -0.1) is 13.2 Å². The molecule has 0 aliphatic carbocycles. The summed E-state index contributed by atoms with van der Waals surface area (Å²) in [5.41, 5.74) is -3.41. The third-order valence-corrected chi connectivity index (χ3v) is 5.59. The molecule has 36 heavy (non-hydrogen) atoms. The van der Waals surface area contributed by atoms with Gasteiger partial charge in [-0.2, -0.15) is 26.3 Å². The van der Waals surface area contributed by atoms with Gasteiger partial charge in [0.2, 0.25) is 0 Å². The molecule has 2 aromatic carbocycles. The third kappa shape index (κ3) is 8.66. The highest BCUT2D eigenvalue weighted by Crippen LogP contribution is 2.33. The number of benzene rings is 2. The van der Waals surface area contributed by atoms with Gasteiger partial charge in [-0.1, -0.05) is 6.58 Å². The number of amides is 1. The highest BCUT2D eigenvalue weighted by Gasteiger charge is 2.33. The Labute approximate surface area is 197 Å². The van der Waals surface area contributed by atoms with Crippen LogP contribution in [0.1, 0.15) is 28.8 Å². The van der Waals surface area contributed by atoms with E-state index in [1.165, 1.54) is 0 Å². The molecule has 198 valence electrons. The van der Waals surface area contributed by atoms with Crippen molar-refractivity contribution in [3.63, 3.8) is 0 Å². The van der Waals surface area contributed by atoms with Crippen LogP contribution < -0.4 is 14.8 Å². The number of carbonyl (C=O) groups excluding carboxylic acids is 1. The first kappa shape index (κ1) is 28.8. The van der Waals surface area contributed by atoms with Crippen molar-refractivity contribution < 1.29 is 57.5 Å². The number of nitrogens with one attached hydrogen (secondary N) is 2. The molecule has 0 aromatic heterocycles. The zero-order valence-electron chi connectivity index (χ0n) is 17.6. The molecule has 0 atom stereocenters. The Morgan fingerprint density at radius 2 is 1.50 bits per heavy atom. The van der Waals surface area contributed by atoms with E-state index < -0.39 is 80.6 Å². The molecule has 6 nitrogen and oxygen atoms in total. The molecule has 0 unspecified atom stereocenters. The first-order valence-corrected chi connectivity index (χ1v) is 10.9. The molecule has 0 aliphatic heterocycles. The predicted octanol–water partition coefficient (Wildman–Crippen LogP) is 5.99. The number of sulfonamides is 1. The summed E-state index contributed by atoms with van der Waals surface area (Å²) in [7, 11) is -4.76. The Morgan fingerprint density at radius 3 is 2.00 bits per heavy atom. The van der Waals surface area contributed by atoms with Gasteiger partial charge in [-0.05, 0) is 48.9 Å². The summed E-state index contributed by atoms with van der Waals surface area (Å²) >= 11 is 0. The van der Waals surface area contributed by atoms with E-state index in [0.717, 1.165) is 0 Å². The lowest BCUT2D eigenvalue weighted by Crippen LogP contribution is -2.25. The molecule has 0 aliphatic rings. The zero-order chi connectivity index (χ0) is 27.5. The van der Waals surface area contributed by atoms with Crippen molar-refractivity contribution in [2.24, 2.45) is 0 Å². The topological polar surface area (TPSA) is 84.5 Å². The second-order valence-corrected chi connectivity index (χ2v) is 8.74. The highest BCUT2D eigenvalue weighted by molar-refractivity contribution is 7.92. The normalized spacial score (nSPS) is 12.7. The van der Waals surface area contributed by atoms with Crippen LogP contribution in [-0.4, -0.2) is 26.9 Å². The fourth-order valence-electron chi connectivity index (χ4n) is 2.61. The van der Waals surface area contributed by atoms with Gasteiger partial charge < -0.3 is 10.1 Å². The summed E-state index contributed by atoms with van der Waals surface area (Å²) in [5, 5.41) is 1.95. The van der Waals surface area contributed by atoms with Gasteiger partial charge in [0.15, 0.2) is 0 Å². The van der Waals surface area contributed by atoms with E-state index in [1.54, 1.807) is 4.72 Å². The van der Waals surface area contributed by atoms with Gasteiger partial charge in [0.05, 0.1) is 21.7 Å². The van der Waals surface area contributed by atoms with Crippen molar-refractivity contribution in [2.45, 2.75) is 36.5 Å². The smallest absolute Gasteiger partial charge is 0.406 e. The number of hydrogen-bond donors (Lipinski definition) is 2. The summed E-state index contributed by atoms with van der Waals surface area (Å²) in [6.07, 6.45) is -16.7. The van der Waals surface area contributed by atoms with Gasteiger partial charge in [0, 0.05) is 12.1 Å². The van der Waals surface area contributed by atoms with Crippen LogP contribution in [0, 0.1) is 0 Å². The minimum Gasteiger partial charge on any atom is -0.406 e. The number of anilines is 1. The molecule has 0 saturated heterocycles. The lowest BCUT2D eigenvalue weighted by Gasteiger charge is -2.17. The molecule has 2 aromatic rings. The van der Waals surface area contributed by atoms with Gasteiger partial charge >= 0.3 is 18.7 Å². The van der Waals surface area contributed by atoms with Gasteiger partial charge in [-0.25, -0.2) is 8.42 Å². The number of rotatable bonds is 8. The van der Waals surface area contributed by atoms with Crippen LogP contribution in [0.15, 0.2) is 59.6 Å². The maximum absolute atomic E-state index is 13.2. The molecule has 16 heteroatoms. The van der Waals surface area contributed by atoms with Crippen LogP contribution in [0.4, 0.5) is 45.2 Å². The predicted molar refractivity (Wildman–Crippen MR) is 107 cm³/mol. The number of allylic oxidation sites excluding steroid dienone is 1. The number of halogens is 9. The van der Waals surface area contributed by atoms with Gasteiger partial charge in [0.25, 0.3) is 15.9 Å². The van der Waals surface area contributed by atoms with Crippen LogP contribution in [0.3, 0.4) is 0 Å². The zero-order valence-corrected chi connectivity index (χ0v) is 18.4. The van der Waals surface area contributed by atoms with E-state index in [1.807, 2.05) is 5.32 Å². The van der Waals surface area contributed by atoms with E-state index in [2.05, 4.69) is 11.3 Å². The third-order valence-electron chi connectivity index (χ3n) is 4.20. The van der Waals surface area contributed by atoms with Crippen molar-refractivity contribution in [1.29, 1.82) is 0 Å². The summed E-state index contributed by atoms with van der Waals surface area (Å²) in [6, 6.07) is 3.89. The Balaban J connectivity index is 2.36. The molecule has 0 spiro atoms. The van der Waals surface area contributed by atoms with Crippen LogP contribution in [-0.2, 0) is 16.2 Å². The Bertz CT molecular complexity index is 1220. The van der Waals surface area contributed by atoms with Crippen molar-refractivity contribution in [3.8, 4) is 5.75 Å². The number of hydrogen-bond acceptors (Lipinski definition) is 4. The molecule has 1 amide bonds. The lowest BCUT2D eigenvalue weighted by atomic mass is 10.1. The van der Waals surface area contributed by atoms with Crippen molar-refractivity contribution >= 4 is 21.6 Å². The molecule has 0 fully saturated rings. The fraction of sp³-hybridized carbons (Fsp3) is 0.250. The number of ether oxygens (including phenoxy) is 1. The molecule has 0 bridgehead atoms. The lowest BCUT2D eigenvalue weighted by molar-refractivity contribution is -0.274. The number of alkyl halides is 9. The maximum Gasteiger partial charge on any atom is 0.573 e.